The van der Waals surface area contributed by atoms with Crippen LogP contribution in [0, 0.1) is 11.3 Å². The SMILES string of the molecule is CCC[C@H](C#N)NS(=O)(=O)c1c(CC)nn(C)c1CC. The molecule has 1 rings (SSSR count). The lowest BCUT2D eigenvalue weighted by Crippen LogP contribution is -2.34. The zero-order valence-electron chi connectivity index (χ0n) is 12.5. The van der Waals surface area contributed by atoms with E-state index in [0.717, 1.165) is 6.42 Å². The summed E-state index contributed by atoms with van der Waals surface area (Å²) in [5.74, 6) is 0. The monoisotopic (exact) mass is 298 g/mol. The van der Waals surface area contributed by atoms with Crippen LogP contribution in [0.25, 0.3) is 0 Å². The summed E-state index contributed by atoms with van der Waals surface area (Å²) in [4.78, 5) is 0.237. The van der Waals surface area contributed by atoms with E-state index in [2.05, 4.69) is 9.82 Å². The number of nitrogens with zero attached hydrogens (tertiary/aromatic N) is 3. The van der Waals surface area contributed by atoms with Crippen LogP contribution in [0.1, 0.15) is 45.0 Å². The highest BCUT2D eigenvalue weighted by molar-refractivity contribution is 7.89. The molecule has 1 atom stereocenters. The van der Waals surface area contributed by atoms with Crippen molar-refractivity contribution in [2.45, 2.75) is 57.4 Å². The molecule has 1 heterocycles. The predicted octanol–water partition coefficient (Wildman–Crippen LogP) is 1.52. The molecular weight excluding hydrogens is 276 g/mol. The molecule has 0 amide bonds. The summed E-state index contributed by atoms with van der Waals surface area (Å²) in [5.41, 5.74) is 1.22. The van der Waals surface area contributed by atoms with Crippen LogP contribution in [-0.2, 0) is 29.9 Å². The second-order valence-electron chi connectivity index (χ2n) is 4.64. The normalized spacial score (nSPS) is 13.2. The molecule has 0 unspecified atom stereocenters. The van der Waals surface area contributed by atoms with Gasteiger partial charge in [-0.15, -0.1) is 0 Å². The minimum atomic E-state index is -3.71. The number of sulfonamides is 1. The molecule has 112 valence electrons. The molecule has 0 aliphatic carbocycles. The summed E-state index contributed by atoms with van der Waals surface area (Å²) in [6.07, 6.45) is 2.35. The third kappa shape index (κ3) is 3.38. The molecule has 0 saturated heterocycles. The third-order valence-electron chi connectivity index (χ3n) is 3.15. The molecule has 6 nitrogen and oxygen atoms in total. The molecule has 0 radical (unpaired) electrons. The fraction of sp³-hybridized carbons (Fsp3) is 0.692. The molecule has 0 aliphatic rings. The topological polar surface area (TPSA) is 87.8 Å². The quantitative estimate of drug-likeness (QED) is 0.826. The Morgan fingerprint density at radius 3 is 2.45 bits per heavy atom. The van der Waals surface area contributed by atoms with Gasteiger partial charge in [-0.1, -0.05) is 27.2 Å². The van der Waals surface area contributed by atoms with Crippen LogP contribution in [0.15, 0.2) is 4.90 Å². The van der Waals surface area contributed by atoms with E-state index in [0.29, 0.717) is 30.7 Å². The highest BCUT2D eigenvalue weighted by atomic mass is 32.2. The maximum absolute atomic E-state index is 12.5. The molecule has 0 aromatic carbocycles. The van der Waals surface area contributed by atoms with Crippen LogP contribution in [-0.4, -0.2) is 24.2 Å². The first-order valence-electron chi connectivity index (χ1n) is 6.87. The molecule has 0 fully saturated rings. The standard InChI is InChI=1S/C13H22N4O2S/c1-5-8-10(9-14)16-20(18,19)13-11(6-2)15-17(4)12(13)7-3/h10,16H,5-8H2,1-4H3/t10-/m1/s1. The van der Waals surface area contributed by atoms with E-state index in [4.69, 9.17) is 5.26 Å². The Morgan fingerprint density at radius 2 is 2.00 bits per heavy atom. The smallest absolute Gasteiger partial charge is 0.245 e. The van der Waals surface area contributed by atoms with Crippen LogP contribution < -0.4 is 4.72 Å². The van der Waals surface area contributed by atoms with Gasteiger partial charge in [0.1, 0.15) is 10.9 Å². The van der Waals surface area contributed by atoms with Crippen LogP contribution in [0.5, 0.6) is 0 Å². The second-order valence-corrected chi connectivity index (χ2v) is 6.30. The van der Waals surface area contributed by atoms with Crippen LogP contribution in [0.2, 0.25) is 0 Å². The third-order valence-corrected chi connectivity index (χ3v) is 4.76. The van der Waals surface area contributed by atoms with E-state index in [1.165, 1.54) is 0 Å². The first-order valence-corrected chi connectivity index (χ1v) is 8.36. The van der Waals surface area contributed by atoms with Gasteiger partial charge >= 0.3 is 0 Å². The Kier molecular flexibility index (Phi) is 5.72. The molecule has 1 aromatic rings. The Labute approximate surface area is 120 Å². The van der Waals surface area contributed by atoms with Crippen molar-refractivity contribution >= 4 is 10.0 Å². The van der Waals surface area contributed by atoms with Crippen LogP contribution >= 0.6 is 0 Å². The molecule has 20 heavy (non-hydrogen) atoms. The molecule has 1 aromatic heterocycles. The molecular formula is C13H22N4O2S. The predicted molar refractivity (Wildman–Crippen MR) is 76.6 cm³/mol. The fourth-order valence-electron chi connectivity index (χ4n) is 2.22. The largest absolute Gasteiger partial charge is 0.271 e. The van der Waals surface area contributed by atoms with E-state index in [1.807, 2.05) is 26.8 Å². The molecule has 0 spiro atoms. The number of aryl methyl sites for hydroxylation is 2. The summed E-state index contributed by atoms with van der Waals surface area (Å²) in [6.45, 7) is 5.68. The summed E-state index contributed by atoms with van der Waals surface area (Å²) in [5, 5.41) is 13.3. The van der Waals surface area contributed by atoms with Gasteiger partial charge in [-0.2, -0.15) is 15.1 Å². The molecule has 7 heteroatoms. The number of hydrogen-bond donors (Lipinski definition) is 1. The molecule has 1 N–H and O–H groups in total. The van der Waals surface area contributed by atoms with Crippen molar-refractivity contribution in [2.75, 3.05) is 0 Å². The van der Waals surface area contributed by atoms with Crippen LogP contribution in [0.4, 0.5) is 0 Å². The summed E-state index contributed by atoms with van der Waals surface area (Å²) in [6, 6.07) is 1.30. The highest BCUT2D eigenvalue weighted by Gasteiger charge is 2.28. The van der Waals surface area contributed by atoms with Gasteiger partial charge in [0.25, 0.3) is 0 Å². The van der Waals surface area contributed by atoms with E-state index >= 15 is 0 Å². The van der Waals surface area contributed by atoms with E-state index in [1.54, 1.807) is 11.7 Å². The van der Waals surface area contributed by atoms with E-state index < -0.39 is 16.1 Å². The van der Waals surface area contributed by atoms with Crippen molar-refractivity contribution in [3.8, 4) is 6.07 Å². The van der Waals surface area contributed by atoms with Crippen molar-refractivity contribution in [1.82, 2.24) is 14.5 Å². The average Bonchev–Trinajstić information content (AvgIpc) is 2.74. The summed E-state index contributed by atoms with van der Waals surface area (Å²) >= 11 is 0. The minimum Gasteiger partial charge on any atom is -0.271 e. The van der Waals surface area contributed by atoms with Gasteiger partial charge in [0.15, 0.2) is 0 Å². The van der Waals surface area contributed by atoms with Crippen molar-refractivity contribution in [1.29, 1.82) is 5.26 Å². The first kappa shape index (κ1) is 16.7. The van der Waals surface area contributed by atoms with Crippen molar-refractivity contribution in [3.05, 3.63) is 11.4 Å². The number of rotatable bonds is 7. The van der Waals surface area contributed by atoms with Gasteiger partial charge in [0, 0.05) is 7.05 Å². The average molecular weight is 298 g/mol. The summed E-state index contributed by atoms with van der Waals surface area (Å²) in [7, 11) is -1.97. The van der Waals surface area contributed by atoms with Crippen molar-refractivity contribution in [3.63, 3.8) is 0 Å². The fourth-order valence-corrected chi connectivity index (χ4v) is 3.96. The van der Waals surface area contributed by atoms with Crippen molar-refractivity contribution < 1.29 is 8.42 Å². The highest BCUT2D eigenvalue weighted by Crippen LogP contribution is 2.21. The lowest BCUT2D eigenvalue weighted by Gasteiger charge is -2.12. The Balaban J connectivity index is 3.25. The Bertz CT molecular complexity index is 599. The van der Waals surface area contributed by atoms with Gasteiger partial charge in [0.2, 0.25) is 10.0 Å². The van der Waals surface area contributed by atoms with Gasteiger partial charge < -0.3 is 0 Å². The summed E-state index contributed by atoms with van der Waals surface area (Å²) < 4.78 is 29.2. The maximum Gasteiger partial charge on any atom is 0.245 e. The van der Waals surface area contributed by atoms with E-state index in [-0.39, 0.29) is 4.90 Å². The van der Waals surface area contributed by atoms with Gasteiger partial charge in [-0.3, -0.25) is 4.68 Å². The Hall–Kier alpha value is -1.39. The minimum absolute atomic E-state index is 0.237. The number of hydrogen-bond acceptors (Lipinski definition) is 4. The van der Waals surface area contributed by atoms with Gasteiger partial charge in [0.05, 0.1) is 17.5 Å². The Morgan fingerprint density at radius 1 is 1.35 bits per heavy atom. The van der Waals surface area contributed by atoms with Gasteiger partial charge in [-0.05, 0) is 19.3 Å². The zero-order chi connectivity index (χ0) is 15.3. The second kappa shape index (κ2) is 6.86. The molecule has 0 saturated carbocycles. The molecule has 0 bridgehead atoms. The first-order chi connectivity index (χ1) is 9.41. The van der Waals surface area contributed by atoms with Gasteiger partial charge in [-0.25, -0.2) is 8.42 Å². The number of nitrogens with one attached hydrogen (secondary N) is 1. The molecule has 0 aliphatic heterocycles. The van der Waals surface area contributed by atoms with Crippen LogP contribution in [0.3, 0.4) is 0 Å². The lowest BCUT2D eigenvalue weighted by molar-refractivity contribution is 0.560. The van der Waals surface area contributed by atoms with Crippen molar-refractivity contribution in [2.24, 2.45) is 7.05 Å². The maximum atomic E-state index is 12.5. The number of aromatic nitrogens is 2. The zero-order valence-corrected chi connectivity index (χ0v) is 13.3. The lowest BCUT2D eigenvalue weighted by atomic mass is 10.2. The number of nitriles is 1. The van der Waals surface area contributed by atoms with E-state index in [9.17, 15) is 8.42 Å².